The van der Waals surface area contributed by atoms with E-state index < -0.39 is 0 Å². The number of nitrogens with zero attached hydrogens (tertiary/aromatic N) is 1. The minimum Gasteiger partial charge on any atom is -0.493 e. The monoisotopic (exact) mass is 429 g/mol. The quantitative estimate of drug-likeness (QED) is 0.415. The van der Waals surface area contributed by atoms with Crippen LogP contribution in [-0.2, 0) is 13.1 Å². The summed E-state index contributed by atoms with van der Waals surface area (Å²) in [5, 5.41) is 6.65. The molecule has 170 valence electrons. The van der Waals surface area contributed by atoms with Crippen LogP contribution in [0.15, 0.2) is 41.4 Å². The molecule has 2 rings (SSSR count). The first-order valence-corrected chi connectivity index (χ1v) is 10.5. The summed E-state index contributed by atoms with van der Waals surface area (Å²) in [6, 6.07) is 11.9. The maximum absolute atomic E-state index is 5.82. The van der Waals surface area contributed by atoms with Crippen molar-refractivity contribution in [2.75, 3.05) is 34.5 Å². The van der Waals surface area contributed by atoms with Crippen LogP contribution >= 0.6 is 0 Å². The summed E-state index contributed by atoms with van der Waals surface area (Å²) in [7, 11) is 4.80. The van der Waals surface area contributed by atoms with Gasteiger partial charge in [-0.1, -0.05) is 26.0 Å². The smallest absolute Gasteiger partial charge is 0.203 e. The number of hydrogen-bond donors (Lipinski definition) is 2. The summed E-state index contributed by atoms with van der Waals surface area (Å²) >= 11 is 0. The first-order chi connectivity index (χ1) is 15.0. The Morgan fingerprint density at radius 3 is 2.23 bits per heavy atom. The molecule has 7 nitrogen and oxygen atoms in total. The van der Waals surface area contributed by atoms with E-state index in [2.05, 4.69) is 36.6 Å². The minimum absolute atomic E-state index is 0.462. The van der Waals surface area contributed by atoms with Gasteiger partial charge in [-0.15, -0.1) is 0 Å². The van der Waals surface area contributed by atoms with Gasteiger partial charge >= 0.3 is 0 Å². The molecular formula is C24H35N3O4. The second kappa shape index (κ2) is 12.6. The third-order valence-corrected chi connectivity index (χ3v) is 4.43. The normalized spacial score (nSPS) is 11.3. The molecule has 31 heavy (non-hydrogen) atoms. The Bertz CT molecular complexity index is 827. The van der Waals surface area contributed by atoms with Gasteiger partial charge in [0.25, 0.3) is 0 Å². The molecule has 0 bridgehead atoms. The highest BCUT2D eigenvalue weighted by Crippen LogP contribution is 2.38. The summed E-state index contributed by atoms with van der Waals surface area (Å²) in [5.74, 6) is 3.90. The highest BCUT2D eigenvalue weighted by Gasteiger charge is 2.13. The molecule has 0 saturated heterocycles. The van der Waals surface area contributed by atoms with Gasteiger partial charge in [0.05, 0.1) is 34.5 Å². The molecule has 2 N–H and O–H groups in total. The van der Waals surface area contributed by atoms with Gasteiger partial charge in [-0.25, -0.2) is 4.99 Å². The highest BCUT2D eigenvalue weighted by atomic mass is 16.5. The average molecular weight is 430 g/mol. The van der Waals surface area contributed by atoms with Crippen LogP contribution in [0.1, 0.15) is 31.9 Å². The fraction of sp³-hybridized carbons (Fsp3) is 0.458. The van der Waals surface area contributed by atoms with Crippen molar-refractivity contribution in [3.05, 3.63) is 47.5 Å². The number of benzene rings is 2. The van der Waals surface area contributed by atoms with Gasteiger partial charge in [-0.05, 0) is 48.2 Å². The maximum Gasteiger partial charge on any atom is 0.203 e. The first kappa shape index (κ1) is 24.2. The van der Waals surface area contributed by atoms with E-state index in [-0.39, 0.29) is 0 Å². The number of methoxy groups -OCH3 is 3. The summed E-state index contributed by atoms with van der Waals surface area (Å²) in [5.41, 5.74) is 2.08. The molecule has 0 heterocycles. The zero-order valence-electron chi connectivity index (χ0n) is 19.5. The van der Waals surface area contributed by atoms with Crippen molar-refractivity contribution in [1.82, 2.24) is 10.6 Å². The van der Waals surface area contributed by atoms with Crippen LogP contribution in [0.2, 0.25) is 0 Å². The van der Waals surface area contributed by atoms with Gasteiger partial charge < -0.3 is 29.6 Å². The first-order valence-electron chi connectivity index (χ1n) is 10.5. The zero-order chi connectivity index (χ0) is 22.6. The lowest BCUT2D eigenvalue weighted by molar-refractivity contribution is 0.271. The molecule has 0 spiro atoms. The molecule has 0 radical (unpaired) electrons. The molecule has 2 aromatic carbocycles. The van der Waals surface area contributed by atoms with E-state index in [1.807, 2.05) is 31.2 Å². The summed E-state index contributed by atoms with van der Waals surface area (Å²) in [6.07, 6.45) is 0. The number of aliphatic imine (C=N–C) groups is 1. The Hall–Kier alpha value is -3.09. The van der Waals surface area contributed by atoms with Crippen LogP contribution in [0.25, 0.3) is 0 Å². The van der Waals surface area contributed by atoms with Crippen molar-refractivity contribution in [3.8, 4) is 23.0 Å². The number of hydrogen-bond acceptors (Lipinski definition) is 5. The third-order valence-electron chi connectivity index (χ3n) is 4.43. The molecule has 0 fully saturated rings. The number of nitrogens with one attached hydrogen (secondary N) is 2. The molecule has 0 atom stereocenters. The molecule has 0 amide bonds. The Morgan fingerprint density at radius 2 is 1.65 bits per heavy atom. The maximum atomic E-state index is 5.82. The van der Waals surface area contributed by atoms with Crippen LogP contribution < -0.4 is 29.6 Å². The van der Waals surface area contributed by atoms with Gasteiger partial charge in [0.15, 0.2) is 17.5 Å². The second-order valence-electron chi connectivity index (χ2n) is 7.43. The predicted molar refractivity (Wildman–Crippen MR) is 125 cm³/mol. The molecule has 0 saturated carbocycles. The number of rotatable bonds is 11. The van der Waals surface area contributed by atoms with Crippen molar-refractivity contribution in [2.45, 2.75) is 33.9 Å². The van der Waals surface area contributed by atoms with Gasteiger partial charge in [0.2, 0.25) is 5.75 Å². The summed E-state index contributed by atoms with van der Waals surface area (Å²) < 4.78 is 22.1. The SMILES string of the molecule is CCNC(=NCc1cc(OC)c(OC)c(OC)c1)NCc1cccc(OCC(C)C)c1. The van der Waals surface area contributed by atoms with Crippen LogP contribution in [0.4, 0.5) is 0 Å². The van der Waals surface area contributed by atoms with Crippen LogP contribution in [0.3, 0.4) is 0 Å². The predicted octanol–water partition coefficient (Wildman–Crippen LogP) is 4.00. The zero-order valence-corrected chi connectivity index (χ0v) is 19.5. The topological polar surface area (TPSA) is 73.3 Å². The molecule has 2 aromatic rings. The molecule has 0 aliphatic heterocycles. The lowest BCUT2D eigenvalue weighted by atomic mass is 10.2. The Kier molecular flexibility index (Phi) is 9.81. The molecule has 0 unspecified atom stereocenters. The average Bonchev–Trinajstić information content (AvgIpc) is 2.78. The van der Waals surface area contributed by atoms with E-state index >= 15 is 0 Å². The van der Waals surface area contributed by atoms with E-state index in [4.69, 9.17) is 23.9 Å². The largest absolute Gasteiger partial charge is 0.493 e. The van der Waals surface area contributed by atoms with Gasteiger partial charge in [0.1, 0.15) is 5.75 Å². The van der Waals surface area contributed by atoms with E-state index in [1.165, 1.54) is 0 Å². The van der Waals surface area contributed by atoms with E-state index in [9.17, 15) is 0 Å². The van der Waals surface area contributed by atoms with Crippen molar-refractivity contribution in [2.24, 2.45) is 10.9 Å². The summed E-state index contributed by atoms with van der Waals surface area (Å²) in [6.45, 7) is 8.88. The molecule has 0 aliphatic rings. The van der Waals surface area contributed by atoms with E-state index in [0.717, 1.165) is 29.4 Å². The molecular weight excluding hydrogens is 394 g/mol. The van der Waals surface area contributed by atoms with E-state index in [1.54, 1.807) is 21.3 Å². The standard InChI is InChI=1S/C24H35N3O4/c1-7-25-24(26-14-18-9-8-10-20(11-18)31-16-17(2)3)27-15-19-12-21(28-4)23(30-6)22(13-19)29-5/h8-13,17H,7,14-16H2,1-6H3,(H2,25,26,27). The van der Waals surface area contributed by atoms with Crippen LogP contribution in [-0.4, -0.2) is 40.4 Å². The van der Waals surface area contributed by atoms with Gasteiger partial charge in [0, 0.05) is 13.1 Å². The summed E-state index contributed by atoms with van der Waals surface area (Å²) in [4.78, 5) is 4.70. The van der Waals surface area contributed by atoms with E-state index in [0.29, 0.717) is 42.9 Å². The fourth-order valence-corrected chi connectivity index (χ4v) is 2.93. The fourth-order valence-electron chi connectivity index (χ4n) is 2.93. The Balaban J connectivity index is 2.08. The second-order valence-corrected chi connectivity index (χ2v) is 7.43. The molecule has 0 aromatic heterocycles. The Morgan fingerprint density at radius 1 is 0.935 bits per heavy atom. The minimum atomic E-state index is 0.462. The number of ether oxygens (including phenoxy) is 4. The van der Waals surface area contributed by atoms with Crippen molar-refractivity contribution < 1.29 is 18.9 Å². The van der Waals surface area contributed by atoms with Crippen molar-refractivity contribution in [1.29, 1.82) is 0 Å². The van der Waals surface area contributed by atoms with Crippen molar-refractivity contribution in [3.63, 3.8) is 0 Å². The van der Waals surface area contributed by atoms with Gasteiger partial charge in [-0.2, -0.15) is 0 Å². The van der Waals surface area contributed by atoms with Crippen LogP contribution in [0.5, 0.6) is 23.0 Å². The lowest BCUT2D eigenvalue weighted by Crippen LogP contribution is -2.36. The van der Waals surface area contributed by atoms with Crippen molar-refractivity contribution >= 4 is 5.96 Å². The highest BCUT2D eigenvalue weighted by molar-refractivity contribution is 5.79. The molecule has 7 heteroatoms. The molecule has 0 aliphatic carbocycles. The third kappa shape index (κ3) is 7.59. The lowest BCUT2D eigenvalue weighted by Gasteiger charge is -2.15. The Labute approximate surface area is 185 Å². The van der Waals surface area contributed by atoms with Gasteiger partial charge in [-0.3, -0.25) is 0 Å². The van der Waals surface area contributed by atoms with Crippen LogP contribution in [0, 0.1) is 5.92 Å². The number of guanidine groups is 1.